The van der Waals surface area contributed by atoms with Crippen molar-refractivity contribution in [2.45, 2.75) is 38.0 Å². The van der Waals surface area contributed by atoms with Crippen LogP contribution in [0.25, 0.3) is 0 Å². The summed E-state index contributed by atoms with van der Waals surface area (Å²) in [7, 11) is 0. The monoisotopic (exact) mass is 210 g/mol. The van der Waals surface area contributed by atoms with Gasteiger partial charge in [-0.3, -0.25) is 0 Å². The molecule has 0 amide bonds. The van der Waals surface area contributed by atoms with E-state index in [1.165, 1.54) is 5.56 Å². The summed E-state index contributed by atoms with van der Waals surface area (Å²) in [5, 5.41) is 0. The zero-order valence-electron chi connectivity index (χ0n) is 9.29. The van der Waals surface area contributed by atoms with Gasteiger partial charge in [-0.05, 0) is 30.0 Å². The van der Waals surface area contributed by atoms with Gasteiger partial charge in [-0.2, -0.15) is 0 Å². The van der Waals surface area contributed by atoms with Crippen LogP contribution >= 0.6 is 12.6 Å². The first-order valence-electron chi connectivity index (χ1n) is 4.91. The molecule has 0 saturated heterocycles. The lowest BCUT2D eigenvalue weighted by Gasteiger charge is -2.20. The number of hydrogen-bond acceptors (Lipinski definition) is 2. The zero-order valence-corrected chi connectivity index (χ0v) is 10.2. The topological polar surface area (TPSA) is 9.23 Å². The Hall–Kier alpha value is -0.630. The van der Waals surface area contributed by atoms with Gasteiger partial charge in [-0.25, -0.2) is 0 Å². The van der Waals surface area contributed by atoms with E-state index in [-0.39, 0.29) is 5.41 Å². The van der Waals surface area contributed by atoms with E-state index < -0.39 is 0 Å². The van der Waals surface area contributed by atoms with E-state index in [9.17, 15) is 0 Å². The second-order valence-electron chi connectivity index (χ2n) is 4.37. The molecule has 0 N–H and O–H groups in total. The van der Waals surface area contributed by atoms with E-state index in [0.717, 1.165) is 10.6 Å². The van der Waals surface area contributed by atoms with Gasteiger partial charge in [0.05, 0.1) is 6.61 Å². The zero-order chi connectivity index (χ0) is 10.8. The molecule has 1 nitrogen and oxygen atoms in total. The fourth-order valence-electron chi connectivity index (χ4n) is 1.26. The normalized spacial score (nSPS) is 11.5. The highest BCUT2D eigenvalue weighted by Gasteiger charge is 2.14. The van der Waals surface area contributed by atoms with Gasteiger partial charge in [0.1, 0.15) is 5.75 Å². The van der Waals surface area contributed by atoms with Crippen molar-refractivity contribution >= 4 is 12.6 Å². The molecule has 1 aromatic carbocycles. The van der Waals surface area contributed by atoms with Gasteiger partial charge in [-0.1, -0.05) is 26.8 Å². The number of thiol groups is 1. The molecule has 0 aliphatic heterocycles. The van der Waals surface area contributed by atoms with Crippen LogP contribution in [-0.2, 0) is 5.41 Å². The quantitative estimate of drug-likeness (QED) is 0.733. The minimum Gasteiger partial charge on any atom is -0.493 e. The number of rotatable bonds is 2. The number of ether oxygens (including phenoxy) is 1. The van der Waals surface area contributed by atoms with Gasteiger partial charge < -0.3 is 4.74 Å². The van der Waals surface area contributed by atoms with Crippen LogP contribution in [0.1, 0.15) is 33.3 Å². The maximum atomic E-state index is 5.43. The second-order valence-corrected chi connectivity index (χ2v) is 4.85. The third kappa shape index (κ3) is 2.68. The Morgan fingerprint density at radius 1 is 1.29 bits per heavy atom. The average molecular weight is 210 g/mol. The van der Waals surface area contributed by atoms with Crippen molar-refractivity contribution in [3.05, 3.63) is 23.8 Å². The molecule has 0 aliphatic rings. The Bertz CT molecular complexity index is 313. The average Bonchev–Trinajstić information content (AvgIpc) is 2.07. The van der Waals surface area contributed by atoms with E-state index >= 15 is 0 Å². The van der Waals surface area contributed by atoms with Crippen LogP contribution < -0.4 is 4.74 Å². The van der Waals surface area contributed by atoms with Gasteiger partial charge in [-0.15, -0.1) is 12.6 Å². The molecule has 14 heavy (non-hydrogen) atoms. The molecule has 0 unspecified atom stereocenters. The Balaban J connectivity index is 3.01. The Labute approximate surface area is 91.9 Å². The lowest BCUT2D eigenvalue weighted by Crippen LogP contribution is -2.11. The third-order valence-electron chi connectivity index (χ3n) is 2.12. The second kappa shape index (κ2) is 4.26. The summed E-state index contributed by atoms with van der Waals surface area (Å²) in [5.74, 6) is 0.865. The Morgan fingerprint density at radius 3 is 2.36 bits per heavy atom. The first kappa shape index (κ1) is 11.4. The van der Waals surface area contributed by atoms with Crippen molar-refractivity contribution in [3.63, 3.8) is 0 Å². The summed E-state index contributed by atoms with van der Waals surface area (Å²) in [6.07, 6.45) is 0. The van der Waals surface area contributed by atoms with Crippen LogP contribution in [-0.4, -0.2) is 6.61 Å². The van der Waals surface area contributed by atoms with Crippen LogP contribution in [0, 0.1) is 0 Å². The van der Waals surface area contributed by atoms with Crippen molar-refractivity contribution < 1.29 is 4.74 Å². The van der Waals surface area contributed by atoms with E-state index in [1.54, 1.807) is 0 Å². The standard InChI is InChI=1S/C12H18OS/c1-5-13-10-7-6-9(8-11(10)14)12(2,3)4/h6-8,14H,5H2,1-4H3. The summed E-state index contributed by atoms with van der Waals surface area (Å²) >= 11 is 4.41. The van der Waals surface area contributed by atoms with E-state index in [0.29, 0.717) is 6.61 Å². The SMILES string of the molecule is CCOc1ccc(C(C)(C)C)cc1S. The highest BCUT2D eigenvalue weighted by molar-refractivity contribution is 7.80. The minimum absolute atomic E-state index is 0.169. The van der Waals surface area contributed by atoms with Crippen molar-refractivity contribution in [2.75, 3.05) is 6.61 Å². The Kier molecular flexibility index (Phi) is 3.48. The molecular formula is C12H18OS. The third-order valence-corrected chi connectivity index (χ3v) is 2.47. The smallest absolute Gasteiger partial charge is 0.132 e. The van der Waals surface area contributed by atoms with E-state index in [4.69, 9.17) is 4.74 Å². The largest absolute Gasteiger partial charge is 0.493 e. The molecule has 1 aromatic rings. The van der Waals surface area contributed by atoms with Crippen molar-refractivity contribution in [2.24, 2.45) is 0 Å². The molecule has 0 radical (unpaired) electrons. The summed E-state index contributed by atoms with van der Waals surface area (Å²) in [4.78, 5) is 0.916. The molecule has 78 valence electrons. The van der Waals surface area contributed by atoms with Gasteiger partial charge in [0.15, 0.2) is 0 Å². The molecule has 0 atom stereocenters. The van der Waals surface area contributed by atoms with Crippen molar-refractivity contribution in [3.8, 4) is 5.75 Å². The summed E-state index contributed by atoms with van der Waals surface area (Å²) in [5.41, 5.74) is 1.45. The summed E-state index contributed by atoms with van der Waals surface area (Å²) < 4.78 is 5.43. The van der Waals surface area contributed by atoms with Crippen molar-refractivity contribution in [1.82, 2.24) is 0 Å². The van der Waals surface area contributed by atoms with Gasteiger partial charge in [0.25, 0.3) is 0 Å². The molecule has 0 bridgehead atoms. The molecule has 0 saturated carbocycles. The maximum absolute atomic E-state index is 5.43. The maximum Gasteiger partial charge on any atom is 0.132 e. The first-order valence-corrected chi connectivity index (χ1v) is 5.36. The molecule has 0 aromatic heterocycles. The highest BCUT2D eigenvalue weighted by Crippen LogP contribution is 2.29. The van der Waals surface area contributed by atoms with Gasteiger partial charge >= 0.3 is 0 Å². The molecular weight excluding hydrogens is 192 g/mol. The predicted molar refractivity (Wildman–Crippen MR) is 63.6 cm³/mol. The Morgan fingerprint density at radius 2 is 1.93 bits per heavy atom. The van der Waals surface area contributed by atoms with Crippen LogP contribution in [0.3, 0.4) is 0 Å². The van der Waals surface area contributed by atoms with Gasteiger partial charge in [0, 0.05) is 4.90 Å². The van der Waals surface area contributed by atoms with E-state index in [2.05, 4.69) is 45.5 Å². The van der Waals surface area contributed by atoms with Crippen LogP contribution in [0.2, 0.25) is 0 Å². The summed E-state index contributed by atoms with van der Waals surface area (Å²) in [6, 6.07) is 6.17. The number of hydrogen-bond donors (Lipinski definition) is 1. The molecule has 0 fully saturated rings. The molecule has 0 spiro atoms. The molecule has 1 rings (SSSR count). The summed E-state index contributed by atoms with van der Waals surface area (Å²) in [6.45, 7) is 9.23. The number of benzene rings is 1. The first-order chi connectivity index (χ1) is 6.45. The van der Waals surface area contributed by atoms with Crippen LogP contribution in [0.5, 0.6) is 5.75 Å². The fourth-order valence-corrected chi connectivity index (χ4v) is 1.54. The van der Waals surface area contributed by atoms with Crippen molar-refractivity contribution in [1.29, 1.82) is 0 Å². The van der Waals surface area contributed by atoms with E-state index in [1.807, 2.05) is 13.0 Å². The fraction of sp³-hybridized carbons (Fsp3) is 0.500. The van der Waals surface area contributed by atoms with Crippen LogP contribution in [0.4, 0.5) is 0 Å². The highest BCUT2D eigenvalue weighted by atomic mass is 32.1. The molecule has 0 aliphatic carbocycles. The van der Waals surface area contributed by atoms with Gasteiger partial charge in [0.2, 0.25) is 0 Å². The lowest BCUT2D eigenvalue weighted by atomic mass is 9.87. The molecule has 2 heteroatoms. The lowest BCUT2D eigenvalue weighted by molar-refractivity contribution is 0.332. The van der Waals surface area contributed by atoms with Crippen LogP contribution in [0.15, 0.2) is 23.1 Å². The molecule has 0 heterocycles. The minimum atomic E-state index is 0.169. The predicted octanol–water partition coefficient (Wildman–Crippen LogP) is 3.67.